The average Bonchev–Trinajstić information content (AvgIpc) is 2.83. The Hall–Kier alpha value is -1.68. The number of hydrogen-bond donors (Lipinski definition) is 2. The maximum atomic E-state index is 13.0. The molecule has 8 nitrogen and oxygen atoms in total. The smallest absolute Gasteiger partial charge is 0.243 e. The molecule has 1 aromatic carbocycles. The summed E-state index contributed by atoms with van der Waals surface area (Å²) in [6.45, 7) is 2.79. The quantitative estimate of drug-likeness (QED) is 0.747. The van der Waals surface area contributed by atoms with Crippen LogP contribution in [-0.2, 0) is 19.6 Å². The molecule has 2 N–H and O–H groups in total. The molecule has 154 valence electrons. The zero-order valence-corrected chi connectivity index (χ0v) is 17.4. The van der Waals surface area contributed by atoms with E-state index in [1.807, 2.05) is 6.92 Å². The van der Waals surface area contributed by atoms with E-state index in [0.29, 0.717) is 19.5 Å². The Morgan fingerprint density at radius 3 is 2.54 bits per heavy atom. The molecule has 28 heavy (non-hydrogen) atoms. The number of rotatable bonds is 5. The molecule has 1 unspecified atom stereocenters. The van der Waals surface area contributed by atoms with Crippen molar-refractivity contribution >= 4 is 39.1 Å². The zero-order chi connectivity index (χ0) is 20.3. The van der Waals surface area contributed by atoms with Crippen molar-refractivity contribution in [3.05, 3.63) is 23.2 Å². The molecule has 2 fully saturated rings. The first-order valence-electron chi connectivity index (χ1n) is 9.43. The zero-order valence-electron chi connectivity index (χ0n) is 15.8. The normalized spacial score (nSPS) is 21.9. The lowest BCUT2D eigenvalue weighted by Crippen LogP contribution is -2.42. The van der Waals surface area contributed by atoms with Gasteiger partial charge in [-0.2, -0.15) is 4.31 Å². The lowest BCUT2D eigenvalue weighted by molar-refractivity contribution is -0.122. The number of anilines is 1. The van der Waals surface area contributed by atoms with Crippen molar-refractivity contribution in [3.63, 3.8) is 0 Å². The van der Waals surface area contributed by atoms with Gasteiger partial charge in [0.05, 0.1) is 22.2 Å². The number of carbonyl (C=O) groups is 2. The minimum absolute atomic E-state index is 0.0493. The van der Waals surface area contributed by atoms with Crippen molar-refractivity contribution in [2.45, 2.75) is 50.0 Å². The molecule has 0 aliphatic carbocycles. The van der Waals surface area contributed by atoms with E-state index in [1.165, 1.54) is 22.5 Å². The molecule has 10 heteroatoms. The van der Waals surface area contributed by atoms with Gasteiger partial charge in [0.25, 0.3) is 0 Å². The van der Waals surface area contributed by atoms with Crippen LogP contribution in [0, 0.1) is 0 Å². The molecule has 2 amide bonds. The molecule has 2 aliphatic rings. The van der Waals surface area contributed by atoms with Crippen molar-refractivity contribution in [1.82, 2.24) is 14.7 Å². The third-order valence-electron chi connectivity index (χ3n) is 5.01. The van der Waals surface area contributed by atoms with Crippen LogP contribution in [-0.4, -0.2) is 55.2 Å². The largest absolute Gasteiger partial charge is 0.324 e. The van der Waals surface area contributed by atoms with Gasteiger partial charge in [-0.15, -0.1) is 0 Å². The number of nitrogens with one attached hydrogen (secondary N) is 2. The Kier molecular flexibility index (Phi) is 6.59. The predicted octanol–water partition coefficient (Wildman–Crippen LogP) is 1.97. The van der Waals surface area contributed by atoms with Crippen LogP contribution in [0.2, 0.25) is 5.02 Å². The summed E-state index contributed by atoms with van der Waals surface area (Å²) in [5.74, 6) is -0.524. The minimum atomic E-state index is -3.64. The van der Waals surface area contributed by atoms with Gasteiger partial charge in [0.2, 0.25) is 21.8 Å². The molecular formula is C18H25ClN4O4S. The van der Waals surface area contributed by atoms with Crippen molar-refractivity contribution in [1.29, 1.82) is 0 Å². The number of carbonyl (C=O) groups excluding carboxylic acids is 2. The van der Waals surface area contributed by atoms with E-state index in [1.54, 1.807) is 5.01 Å². The van der Waals surface area contributed by atoms with Gasteiger partial charge in [0.1, 0.15) is 0 Å². The Morgan fingerprint density at radius 1 is 1.25 bits per heavy atom. The number of hydrogen-bond acceptors (Lipinski definition) is 5. The molecule has 0 saturated carbocycles. The summed E-state index contributed by atoms with van der Waals surface area (Å²) in [4.78, 5) is 23.9. The Bertz CT molecular complexity index is 853. The van der Waals surface area contributed by atoms with E-state index >= 15 is 0 Å². The number of sulfonamides is 1. The van der Waals surface area contributed by atoms with E-state index in [9.17, 15) is 18.0 Å². The highest BCUT2D eigenvalue weighted by molar-refractivity contribution is 7.89. The van der Waals surface area contributed by atoms with Gasteiger partial charge in [-0.1, -0.05) is 24.4 Å². The fraction of sp³-hybridized carbons (Fsp3) is 0.556. The van der Waals surface area contributed by atoms with E-state index in [4.69, 9.17) is 11.6 Å². The summed E-state index contributed by atoms with van der Waals surface area (Å²) >= 11 is 6.16. The van der Waals surface area contributed by atoms with Crippen molar-refractivity contribution in [2.75, 3.05) is 25.0 Å². The van der Waals surface area contributed by atoms with Gasteiger partial charge >= 0.3 is 0 Å². The second-order valence-corrected chi connectivity index (χ2v) is 9.57. The lowest BCUT2D eigenvalue weighted by Gasteiger charge is -2.21. The fourth-order valence-corrected chi connectivity index (χ4v) is 5.13. The third kappa shape index (κ3) is 4.83. The monoisotopic (exact) mass is 428 g/mol. The molecular weight excluding hydrogens is 404 g/mol. The molecule has 0 spiro atoms. The third-order valence-corrected chi connectivity index (χ3v) is 7.23. The minimum Gasteiger partial charge on any atom is -0.324 e. The molecule has 1 aromatic rings. The first-order valence-corrected chi connectivity index (χ1v) is 11.2. The Morgan fingerprint density at radius 2 is 1.93 bits per heavy atom. The number of nitrogens with zero attached hydrogens (tertiary/aromatic N) is 2. The van der Waals surface area contributed by atoms with Crippen LogP contribution in [0.3, 0.4) is 0 Å². The summed E-state index contributed by atoms with van der Waals surface area (Å²) in [6, 6.07) is 4.23. The van der Waals surface area contributed by atoms with Gasteiger partial charge in [-0.25, -0.2) is 13.4 Å². The van der Waals surface area contributed by atoms with Gasteiger partial charge in [0.15, 0.2) is 0 Å². The van der Waals surface area contributed by atoms with Gasteiger partial charge in [-0.3, -0.25) is 15.0 Å². The predicted molar refractivity (Wildman–Crippen MR) is 106 cm³/mol. The highest BCUT2D eigenvalue weighted by atomic mass is 35.5. The molecule has 0 radical (unpaired) electrons. The van der Waals surface area contributed by atoms with Crippen LogP contribution >= 0.6 is 11.6 Å². The lowest BCUT2D eigenvalue weighted by atomic mass is 10.2. The molecule has 2 saturated heterocycles. The van der Waals surface area contributed by atoms with E-state index in [2.05, 4.69) is 10.7 Å². The summed E-state index contributed by atoms with van der Waals surface area (Å²) < 4.78 is 27.4. The van der Waals surface area contributed by atoms with Crippen molar-refractivity contribution in [3.8, 4) is 0 Å². The number of amides is 2. The fourth-order valence-electron chi connectivity index (χ4n) is 3.43. The summed E-state index contributed by atoms with van der Waals surface area (Å²) in [5.41, 5.74) is 2.85. The van der Waals surface area contributed by atoms with Crippen LogP contribution in [0.5, 0.6) is 0 Å². The van der Waals surface area contributed by atoms with E-state index in [-0.39, 0.29) is 40.0 Å². The first-order chi connectivity index (χ1) is 13.3. The summed E-state index contributed by atoms with van der Waals surface area (Å²) in [5, 5.41) is 4.45. The Balaban J connectivity index is 1.74. The maximum absolute atomic E-state index is 13.0. The second kappa shape index (κ2) is 8.77. The molecule has 3 rings (SSSR count). The standard InChI is InChI=1S/C18H25ClN4O4S/c1-13-10-17(24)21-23(13)12-18(25)20-16-11-14(6-7-15(16)19)28(26,27)22-8-4-2-3-5-9-22/h6-7,11,13H,2-5,8-10,12H2,1H3,(H,20,25)(H,21,24). The molecule has 1 atom stereocenters. The van der Waals surface area contributed by atoms with Gasteiger partial charge < -0.3 is 5.32 Å². The SMILES string of the molecule is CC1CC(=O)NN1CC(=O)Nc1cc(S(=O)(=O)N2CCCCCC2)ccc1Cl. The van der Waals surface area contributed by atoms with Crippen molar-refractivity contribution in [2.24, 2.45) is 0 Å². The average molecular weight is 429 g/mol. The molecule has 0 aromatic heterocycles. The second-order valence-electron chi connectivity index (χ2n) is 7.22. The maximum Gasteiger partial charge on any atom is 0.243 e. The first kappa shape index (κ1) is 21.0. The van der Waals surface area contributed by atoms with Crippen LogP contribution in [0.4, 0.5) is 5.69 Å². The molecule has 2 aliphatic heterocycles. The van der Waals surface area contributed by atoms with Crippen LogP contribution in [0.25, 0.3) is 0 Å². The van der Waals surface area contributed by atoms with Crippen LogP contribution < -0.4 is 10.7 Å². The van der Waals surface area contributed by atoms with Gasteiger partial charge in [0, 0.05) is 25.6 Å². The molecule has 2 heterocycles. The summed E-state index contributed by atoms with van der Waals surface area (Å²) in [6.07, 6.45) is 4.07. The Labute approximate surface area is 170 Å². The molecule has 0 bridgehead atoms. The van der Waals surface area contributed by atoms with E-state index < -0.39 is 10.0 Å². The van der Waals surface area contributed by atoms with Crippen molar-refractivity contribution < 1.29 is 18.0 Å². The van der Waals surface area contributed by atoms with Crippen LogP contribution in [0.15, 0.2) is 23.1 Å². The number of halogens is 1. The summed E-state index contributed by atoms with van der Waals surface area (Å²) in [7, 11) is -3.64. The number of benzene rings is 1. The van der Waals surface area contributed by atoms with Gasteiger partial charge in [-0.05, 0) is 38.0 Å². The number of hydrazine groups is 1. The highest BCUT2D eigenvalue weighted by Crippen LogP contribution is 2.28. The van der Waals surface area contributed by atoms with E-state index in [0.717, 1.165) is 25.7 Å². The van der Waals surface area contributed by atoms with Crippen LogP contribution in [0.1, 0.15) is 39.0 Å². The highest BCUT2D eigenvalue weighted by Gasteiger charge is 2.29. The topological polar surface area (TPSA) is 98.8 Å².